The van der Waals surface area contributed by atoms with Crippen LogP contribution in [-0.4, -0.2) is 27.5 Å². The summed E-state index contributed by atoms with van der Waals surface area (Å²) in [6, 6.07) is 0. The highest BCUT2D eigenvalue weighted by atomic mass is 16.5. The molecule has 8 heteroatoms. The number of aryl methyl sites for hydroxylation is 1. The van der Waals surface area contributed by atoms with Gasteiger partial charge >= 0.3 is 17.2 Å². The van der Waals surface area contributed by atoms with Crippen molar-refractivity contribution in [1.29, 1.82) is 0 Å². The van der Waals surface area contributed by atoms with Gasteiger partial charge in [-0.2, -0.15) is 5.10 Å². The lowest BCUT2D eigenvalue weighted by atomic mass is 10.4. The third-order valence-electron chi connectivity index (χ3n) is 1.61. The van der Waals surface area contributed by atoms with Crippen LogP contribution in [0.2, 0.25) is 0 Å². The molecule has 3 N–H and O–H groups in total. The van der Waals surface area contributed by atoms with E-state index in [1.165, 1.54) is 6.33 Å². The van der Waals surface area contributed by atoms with Gasteiger partial charge in [-0.05, 0) is 6.42 Å². The molecule has 0 fully saturated rings. The number of hydrogen-bond donors (Lipinski definition) is 2. The molecule has 0 aliphatic heterocycles. The monoisotopic (exact) mass is 214 g/mol. The van der Waals surface area contributed by atoms with Crippen LogP contribution in [0.3, 0.4) is 0 Å². The first-order valence-corrected chi connectivity index (χ1v) is 4.17. The SMILES string of the molecule is NC(=O)OCCCn1cn[nH]c(=O)c1=O. The van der Waals surface area contributed by atoms with Crippen LogP contribution in [0.5, 0.6) is 0 Å². The van der Waals surface area contributed by atoms with Crippen molar-refractivity contribution >= 4 is 6.09 Å². The number of nitrogens with one attached hydrogen (secondary N) is 1. The van der Waals surface area contributed by atoms with Crippen LogP contribution in [0.4, 0.5) is 4.79 Å². The maximum absolute atomic E-state index is 11.1. The topological polar surface area (TPSA) is 120 Å². The van der Waals surface area contributed by atoms with E-state index < -0.39 is 17.2 Å². The Bertz CT molecular complexity index is 449. The first kappa shape index (κ1) is 11.0. The summed E-state index contributed by atoms with van der Waals surface area (Å²) in [7, 11) is 0. The van der Waals surface area contributed by atoms with E-state index in [2.05, 4.69) is 9.84 Å². The summed E-state index contributed by atoms with van der Waals surface area (Å²) in [6.45, 7) is 0.331. The number of aromatic amines is 1. The van der Waals surface area contributed by atoms with E-state index in [0.29, 0.717) is 6.42 Å². The fraction of sp³-hybridized carbons (Fsp3) is 0.429. The van der Waals surface area contributed by atoms with Crippen LogP contribution in [-0.2, 0) is 11.3 Å². The van der Waals surface area contributed by atoms with Gasteiger partial charge in [-0.15, -0.1) is 0 Å². The van der Waals surface area contributed by atoms with Crippen LogP contribution in [0.1, 0.15) is 6.42 Å². The average molecular weight is 214 g/mol. The van der Waals surface area contributed by atoms with Crippen molar-refractivity contribution in [1.82, 2.24) is 14.8 Å². The van der Waals surface area contributed by atoms with Gasteiger partial charge in [0.25, 0.3) is 0 Å². The number of nitrogens with two attached hydrogens (primary N) is 1. The van der Waals surface area contributed by atoms with Gasteiger partial charge in [0.05, 0.1) is 6.61 Å². The highest BCUT2D eigenvalue weighted by Gasteiger charge is 2.00. The Labute approximate surface area is 83.7 Å². The van der Waals surface area contributed by atoms with Gasteiger partial charge in [-0.3, -0.25) is 14.2 Å². The van der Waals surface area contributed by atoms with Gasteiger partial charge in [0.1, 0.15) is 6.33 Å². The van der Waals surface area contributed by atoms with Gasteiger partial charge < -0.3 is 10.5 Å². The lowest BCUT2D eigenvalue weighted by Crippen LogP contribution is -2.36. The minimum absolute atomic E-state index is 0.0918. The van der Waals surface area contributed by atoms with Crippen LogP contribution < -0.4 is 16.9 Å². The molecule has 15 heavy (non-hydrogen) atoms. The molecular formula is C7H10N4O4. The average Bonchev–Trinajstić information content (AvgIpc) is 2.18. The van der Waals surface area contributed by atoms with Crippen molar-refractivity contribution in [3.8, 4) is 0 Å². The molecule has 0 saturated heterocycles. The summed E-state index contributed by atoms with van der Waals surface area (Å²) < 4.78 is 5.58. The Balaban J connectivity index is 2.52. The van der Waals surface area contributed by atoms with Crippen LogP contribution >= 0.6 is 0 Å². The lowest BCUT2D eigenvalue weighted by molar-refractivity contribution is 0.153. The highest BCUT2D eigenvalue weighted by Crippen LogP contribution is 1.85. The van der Waals surface area contributed by atoms with E-state index in [4.69, 9.17) is 5.73 Å². The highest BCUT2D eigenvalue weighted by molar-refractivity contribution is 5.64. The molecule has 0 bridgehead atoms. The minimum atomic E-state index is -0.869. The van der Waals surface area contributed by atoms with Crippen molar-refractivity contribution in [2.24, 2.45) is 5.73 Å². The molecular weight excluding hydrogens is 204 g/mol. The third-order valence-corrected chi connectivity index (χ3v) is 1.61. The molecule has 0 atom stereocenters. The lowest BCUT2D eigenvalue weighted by Gasteiger charge is -2.03. The fourth-order valence-electron chi connectivity index (χ4n) is 0.955. The van der Waals surface area contributed by atoms with E-state index in [0.717, 1.165) is 4.57 Å². The Morgan fingerprint density at radius 3 is 3.00 bits per heavy atom. The first-order chi connectivity index (χ1) is 7.11. The Kier molecular flexibility index (Phi) is 3.61. The normalized spacial score (nSPS) is 9.87. The molecule has 8 nitrogen and oxygen atoms in total. The molecule has 1 amide bonds. The van der Waals surface area contributed by atoms with E-state index in [9.17, 15) is 14.4 Å². The van der Waals surface area contributed by atoms with Crippen molar-refractivity contribution in [2.75, 3.05) is 6.61 Å². The standard InChI is InChI=1S/C7H10N4O4/c8-7(14)15-3-1-2-11-4-9-10-5(12)6(11)13/h4H,1-3H2,(H2,8,14)(H,10,12). The van der Waals surface area contributed by atoms with E-state index in [1.807, 2.05) is 5.10 Å². The molecule has 82 valence electrons. The minimum Gasteiger partial charge on any atom is -0.450 e. The second kappa shape index (κ2) is 4.94. The second-order valence-corrected chi connectivity index (χ2v) is 2.71. The Morgan fingerprint density at radius 1 is 1.60 bits per heavy atom. The van der Waals surface area contributed by atoms with Gasteiger partial charge in [0.2, 0.25) is 0 Å². The van der Waals surface area contributed by atoms with Crippen LogP contribution in [0.15, 0.2) is 15.9 Å². The summed E-state index contributed by atoms with van der Waals surface area (Å²) in [4.78, 5) is 32.2. The van der Waals surface area contributed by atoms with Crippen molar-refractivity contribution in [3.05, 3.63) is 27.0 Å². The Morgan fingerprint density at radius 2 is 2.33 bits per heavy atom. The first-order valence-electron chi connectivity index (χ1n) is 4.17. The fourth-order valence-corrected chi connectivity index (χ4v) is 0.955. The smallest absolute Gasteiger partial charge is 0.404 e. The molecule has 0 aromatic carbocycles. The zero-order valence-corrected chi connectivity index (χ0v) is 7.80. The predicted octanol–water partition coefficient (Wildman–Crippen LogP) is -1.58. The summed E-state index contributed by atoms with van der Waals surface area (Å²) in [5.41, 5.74) is 3.25. The molecule has 1 rings (SSSR count). The molecule has 0 aliphatic rings. The quantitative estimate of drug-likeness (QED) is 0.462. The number of primary amides is 1. The Hall–Kier alpha value is -2.12. The molecule has 1 heterocycles. The number of ether oxygens (including phenoxy) is 1. The molecule has 0 radical (unpaired) electrons. The summed E-state index contributed by atoms with van der Waals surface area (Å²) in [6.07, 6.45) is 0.716. The van der Waals surface area contributed by atoms with Gasteiger partial charge in [0, 0.05) is 6.54 Å². The number of nitrogens with zero attached hydrogens (tertiary/aromatic N) is 2. The number of rotatable bonds is 4. The molecule has 0 saturated carbocycles. The number of amides is 1. The van der Waals surface area contributed by atoms with Crippen molar-refractivity contribution < 1.29 is 9.53 Å². The van der Waals surface area contributed by atoms with E-state index in [-0.39, 0.29) is 13.2 Å². The number of aromatic nitrogens is 3. The number of carbonyl (C=O) groups excluding carboxylic acids is 1. The maximum Gasteiger partial charge on any atom is 0.404 e. The molecule has 1 aromatic rings. The van der Waals surface area contributed by atoms with Gasteiger partial charge in [-0.25, -0.2) is 9.89 Å². The van der Waals surface area contributed by atoms with Crippen LogP contribution in [0.25, 0.3) is 0 Å². The third kappa shape index (κ3) is 3.25. The summed E-state index contributed by atoms with van der Waals surface area (Å²) in [5, 5.41) is 5.46. The van der Waals surface area contributed by atoms with E-state index in [1.54, 1.807) is 0 Å². The van der Waals surface area contributed by atoms with Crippen molar-refractivity contribution in [3.63, 3.8) is 0 Å². The molecule has 0 aliphatic carbocycles. The van der Waals surface area contributed by atoms with Gasteiger partial charge in [0.15, 0.2) is 0 Å². The number of carbonyl (C=O) groups is 1. The number of H-pyrrole nitrogens is 1. The van der Waals surface area contributed by atoms with Crippen LogP contribution in [0, 0.1) is 0 Å². The van der Waals surface area contributed by atoms with Crippen molar-refractivity contribution in [2.45, 2.75) is 13.0 Å². The molecule has 0 unspecified atom stereocenters. The molecule has 0 spiro atoms. The van der Waals surface area contributed by atoms with Gasteiger partial charge in [-0.1, -0.05) is 0 Å². The summed E-state index contributed by atoms with van der Waals surface area (Å²) >= 11 is 0. The zero-order valence-electron chi connectivity index (χ0n) is 7.80. The zero-order chi connectivity index (χ0) is 11.3. The number of hydrogen-bond acceptors (Lipinski definition) is 5. The summed E-state index contributed by atoms with van der Waals surface area (Å²) in [5.74, 6) is 0. The second-order valence-electron chi connectivity index (χ2n) is 2.71. The maximum atomic E-state index is 11.1. The largest absolute Gasteiger partial charge is 0.450 e. The predicted molar refractivity (Wildman–Crippen MR) is 49.3 cm³/mol. The van der Waals surface area contributed by atoms with E-state index >= 15 is 0 Å². The molecule has 1 aromatic heterocycles.